The fraction of sp³-hybridized carbons (Fsp3) is 0.294. The molecule has 6 heteroatoms. The third kappa shape index (κ3) is 4.48. The maximum absolute atomic E-state index is 10.4. The Hall–Kier alpha value is -2.02. The Balaban J connectivity index is 1.72. The van der Waals surface area contributed by atoms with Gasteiger partial charge in [-0.05, 0) is 34.9 Å². The summed E-state index contributed by atoms with van der Waals surface area (Å²) in [6.07, 6.45) is -0.533. The van der Waals surface area contributed by atoms with Crippen LogP contribution in [0.1, 0.15) is 28.9 Å². The summed E-state index contributed by atoms with van der Waals surface area (Å²) in [7, 11) is 0. The van der Waals surface area contributed by atoms with Crippen molar-refractivity contribution < 1.29 is 9.63 Å². The molecule has 0 fully saturated rings. The molecule has 0 radical (unpaired) electrons. The summed E-state index contributed by atoms with van der Waals surface area (Å²) < 4.78 is 5.22. The summed E-state index contributed by atoms with van der Waals surface area (Å²) in [6, 6.07) is 12.1. The summed E-state index contributed by atoms with van der Waals surface area (Å²) in [5.41, 5.74) is 2.12. The van der Waals surface area contributed by atoms with Gasteiger partial charge in [0.1, 0.15) is 0 Å². The molecule has 0 saturated heterocycles. The third-order valence-corrected chi connectivity index (χ3v) is 4.24. The molecule has 0 aliphatic carbocycles. The number of aryl methyl sites for hydroxylation is 1. The van der Waals surface area contributed by atoms with Crippen molar-refractivity contribution in [3.8, 4) is 0 Å². The lowest BCUT2D eigenvalue weighted by Crippen LogP contribution is -2.28. The number of hydrogen-bond donors (Lipinski definition) is 1. The molecule has 1 unspecified atom stereocenters. The smallest absolute Gasteiger partial charge is 0.240 e. The number of aliphatic hydroxyl groups is 1. The molecule has 1 N–H and O–H groups in total. The van der Waals surface area contributed by atoms with E-state index >= 15 is 0 Å². The molecule has 0 amide bonds. The Morgan fingerprint density at radius 1 is 1.22 bits per heavy atom. The largest absolute Gasteiger partial charge is 0.387 e. The van der Waals surface area contributed by atoms with Crippen molar-refractivity contribution in [1.29, 1.82) is 0 Å². The van der Waals surface area contributed by atoms with Crippen LogP contribution in [-0.2, 0) is 13.1 Å². The van der Waals surface area contributed by atoms with Crippen LogP contribution in [0.25, 0.3) is 0 Å². The molecule has 0 spiro atoms. The molecule has 23 heavy (non-hydrogen) atoms. The molecule has 0 bridgehead atoms. The first-order valence-corrected chi connectivity index (χ1v) is 8.40. The van der Waals surface area contributed by atoms with Gasteiger partial charge >= 0.3 is 0 Å². The topological polar surface area (TPSA) is 62.4 Å². The van der Waals surface area contributed by atoms with Crippen molar-refractivity contribution >= 4 is 11.3 Å². The summed E-state index contributed by atoms with van der Waals surface area (Å²) >= 11 is 1.59. The maximum atomic E-state index is 10.4. The van der Waals surface area contributed by atoms with Crippen LogP contribution in [0.4, 0.5) is 0 Å². The normalized spacial score (nSPS) is 12.7. The quantitative estimate of drug-likeness (QED) is 0.721. The second-order valence-electron chi connectivity index (χ2n) is 5.46. The Morgan fingerprint density at radius 3 is 2.70 bits per heavy atom. The highest BCUT2D eigenvalue weighted by molar-refractivity contribution is 7.07. The van der Waals surface area contributed by atoms with E-state index in [0.29, 0.717) is 31.3 Å². The lowest BCUT2D eigenvalue weighted by atomic mass is 10.1. The maximum Gasteiger partial charge on any atom is 0.240 e. The van der Waals surface area contributed by atoms with E-state index in [1.807, 2.05) is 35.0 Å². The Morgan fingerprint density at radius 2 is 2.04 bits per heavy atom. The Labute approximate surface area is 139 Å². The van der Waals surface area contributed by atoms with Gasteiger partial charge < -0.3 is 9.63 Å². The van der Waals surface area contributed by atoms with Crippen molar-refractivity contribution in [1.82, 2.24) is 15.0 Å². The fourth-order valence-corrected chi connectivity index (χ4v) is 3.14. The second kappa shape index (κ2) is 7.50. The number of rotatable bonds is 7. The van der Waals surface area contributed by atoms with Crippen molar-refractivity contribution in [2.75, 3.05) is 6.54 Å². The number of hydrogen-bond acceptors (Lipinski definition) is 6. The first kappa shape index (κ1) is 15.9. The van der Waals surface area contributed by atoms with Crippen LogP contribution in [0.2, 0.25) is 0 Å². The first-order chi connectivity index (χ1) is 11.2. The van der Waals surface area contributed by atoms with Gasteiger partial charge in [-0.25, -0.2) is 0 Å². The molecular formula is C17H19N3O2S. The molecule has 1 aromatic carbocycles. The molecule has 3 rings (SSSR count). The van der Waals surface area contributed by atoms with Crippen molar-refractivity contribution in [2.24, 2.45) is 0 Å². The average Bonchev–Trinajstić information content (AvgIpc) is 3.20. The molecular weight excluding hydrogens is 310 g/mol. The average molecular weight is 329 g/mol. The van der Waals surface area contributed by atoms with Gasteiger partial charge in [0.05, 0.1) is 12.6 Å². The number of aromatic nitrogens is 2. The van der Waals surface area contributed by atoms with Gasteiger partial charge in [-0.1, -0.05) is 35.5 Å². The molecule has 5 nitrogen and oxygen atoms in total. The van der Waals surface area contributed by atoms with Crippen LogP contribution in [0.3, 0.4) is 0 Å². The van der Waals surface area contributed by atoms with Gasteiger partial charge in [0, 0.05) is 13.1 Å². The molecule has 2 heterocycles. The van der Waals surface area contributed by atoms with Gasteiger partial charge in [0.2, 0.25) is 5.89 Å². The summed E-state index contributed by atoms with van der Waals surface area (Å²) in [5, 5.41) is 18.2. The minimum absolute atomic E-state index is 0.507. The van der Waals surface area contributed by atoms with E-state index in [1.54, 1.807) is 18.3 Å². The molecule has 2 aromatic heterocycles. The van der Waals surface area contributed by atoms with Crippen molar-refractivity contribution in [3.05, 3.63) is 70.0 Å². The zero-order valence-electron chi connectivity index (χ0n) is 12.9. The lowest BCUT2D eigenvalue weighted by Gasteiger charge is -2.23. The van der Waals surface area contributed by atoms with Crippen LogP contribution in [0.15, 0.2) is 51.7 Å². The van der Waals surface area contributed by atoms with Crippen molar-refractivity contribution in [3.63, 3.8) is 0 Å². The van der Waals surface area contributed by atoms with E-state index in [1.165, 1.54) is 5.56 Å². The highest BCUT2D eigenvalue weighted by atomic mass is 32.1. The number of aliphatic hydroxyl groups excluding tert-OH is 1. The SMILES string of the molecule is Cc1noc(CN(Cc2ccccc2)CC(O)c2ccsc2)n1. The minimum atomic E-state index is -0.533. The first-order valence-electron chi connectivity index (χ1n) is 7.46. The van der Waals surface area contributed by atoms with Gasteiger partial charge in [-0.2, -0.15) is 16.3 Å². The van der Waals surface area contributed by atoms with E-state index < -0.39 is 6.10 Å². The Bertz CT molecular complexity index is 713. The van der Waals surface area contributed by atoms with Crippen LogP contribution in [0, 0.1) is 6.92 Å². The highest BCUT2D eigenvalue weighted by Crippen LogP contribution is 2.19. The molecule has 3 aromatic rings. The van der Waals surface area contributed by atoms with E-state index in [4.69, 9.17) is 4.52 Å². The number of nitrogens with zero attached hydrogens (tertiary/aromatic N) is 3. The van der Waals surface area contributed by atoms with Gasteiger partial charge in [0.15, 0.2) is 5.82 Å². The third-order valence-electron chi connectivity index (χ3n) is 3.54. The second-order valence-corrected chi connectivity index (χ2v) is 6.24. The highest BCUT2D eigenvalue weighted by Gasteiger charge is 2.17. The van der Waals surface area contributed by atoms with E-state index in [2.05, 4.69) is 27.2 Å². The van der Waals surface area contributed by atoms with Crippen LogP contribution in [0.5, 0.6) is 0 Å². The predicted molar refractivity (Wildman–Crippen MR) is 88.9 cm³/mol. The lowest BCUT2D eigenvalue weighted by molar-refractivity contribution is 0.0979. The zero-order chi connectivity index (χ0) is 16.1. The molecule has 1 atom stereocenters. The van der Waals surface area contributed by atoms with E-state index in [-0.39, 0.29) is 0 Å². The van der Waals surface area contributed by atoms with Crippen LogP contribution >= 0.6 is 11.3 Å². The van der Waals surface area contributed by atoms with E-state index in [9.17, 15) is 5.11 Å². The molecule has 0 saturated carbocycles. The summed E-state index contributed by atoms with van der Waals surface area (Å²) in [4.78, 5) is 6.38. The molecule has 0 aliphatic heterocycles. The van der Waals surface area contributed by atoms with Crippen molar-refractivity contribution in [2.45, 2.75) is 26.1 Å². The van der Waals surface area contributed by atoms with Gasteiger partial charge in [0.25, 0.3) is 0 Å². The minimum Gasteiger partial charge on any atom is -0.387 e. The summed E-state index contributed by atoms with van der Waals surface area (Å²) in [5.74, 6) is 1.19. The summed E-state index contributed by atoms with van der Waals surface area (Å²) in [6.45, 7) is 3.53. The molecule has 0 aliphatic rings. The van der Waals surface area contributed by atoms with Crippen LogP contribution < -0.4 is 0 Å². The van der Waals surface area contributed by atoms with Crippen LogP contribution in [-0.4, -0.2) is 26.7 Å². The molecule has 120 valence electrons. The van der Waals surface area contributed by atoms with Gasteiger partial charge in [-0.15, -0.1) is 0 Å². The fourth-order valence-electron chi connectivity index (χ4n) is 2.44. The standard InChI is InChI=1S/C17H19N3O2S/c1-13-18-17(22-19-13)11-20(9-14-5-3-2-4-6-14)10-16(21)15-7-8-23-12-15/h2-8,12,16,21H,9-11H2,1H3. The monoisotopic (exact) mass is 329 g/mol. The zero-order valence-corrected chi connectivity index (χ0v) is 13.7. The predicted octanol–water partition coefficient (Wildman–Crippen LogP) is 3.18. The van der Waals surface area contributed by atoms with Gasteiger partial charge in [-0.3, -0.25) is 4.90 Å². The number of thiophene rings is 1. The number of benzene rings is 1. The van der Waals surface area contributed by atoms with E-state index in [0.717, 1.165) is 5.56 Å². The Kier molecular flexibility index (Phi) is 5.17.